The second-order valence-electron chi connectivity index (χ2n) is 4.22. The zero-order valence-corrected chi connectivity index (χ0v) is 10.7. The molecule has 0 spiro atoms. The van der Waals surface area contributed by atoms with E-state index in [1.807, 2.05) is 0 Å². The van der Waals surface area contributed by atoms with Gasteiger partial charge in [0.05, 0.1) is 6.61 Å². The second kappa shape index (κ2) is 7.25. The van der Waals surface area contributed by atoms with Crippen molar-refractivity contribution in [2.24, 2.45) is 5.73 Å². The molecule has 1 unspecified atom stereocenters. The van der Waals surface area contributed by atoms with Crippen molar-refractivity contribution in [2.45, 2.75) is 25.5 Å². The highest BCUT2D eigenvalue weighted by molar-refractivity contribution is 5.96. The quantitative estimate of drug-likeness (QED) is 0.541. The van der Waals surface area contributed by atoms with Crippen LogP contribution >= 0.6 is 0 Å². The highest BCUT2D eigenvalue weighted by Crippen LogP contribution is 2.06. The summed E-state index contributed by atoms with van der Waals surface area (Å²) >= 11 is 0. The Morgan fingerprint density at radius 1 is 1.20 bits per heavy atom. The van der Waals surface area contributed by atoms with E-state index in [2.05, 4.69) is 5.32 Å². The summed E-state index contributed by atoms with van der Waals surface area (Å²) in [5.41, 5.74) is 5.86. The van der Waals surface area contributed by atoms with Crippen LogP contribution in [0, 0.1) is 0 Å². The Bertz CT molecular complexity index is 498. The summed E-state index contributed by atoms with van der Waals surface area (Å²) in [6, 6.07) is 4.91. The third kappa shape index (κ3) is 4.69. The number of hydrogen-bond acceptors (Lipinski definition) is 4. The number of nitrogens with one attached hydrogen (secondary N) is 1. The minimum absolute atomic E-state index is 0.0644. The summed E-state index contributed by atoms with van der Waals surface area (Å²) < 4.78 is 0. The SMILES string of the molecule is NC(=O)CCC(NC(=O)c1ccc(CO)cc1)C(=O)O. The second-order valence-corrected chi connectivity index (χ2v) is 4.22. The minimum Gasteiger partial charge on any atom is -0.480 e. The Morgan fingerprint density at radius 2 is 1.80 bits per heavy atom. The largest absolute Gasteiger partial charge is 0.480 e. The molecule has 0 aromatic heterocycles. The Hall–Kier alpha value is -2.41. The number of aliphatic hydroxyl groups excluding tert-OH is 1. The first-order chi connectivity index (χ1) is 9.43. The van der Waals surface area contributed by atoms with E-state index in [0.717, 1.165) is 0 Å². The number of carboxylic acid groups (broad SMARTS) is 1. The van der Waals surface area contributed by atoms with E-state index in [1.165, 1.54) is 12.1 Å². The van der Waals surface area contributed by atoms with Crippen molar-refractivity contribution in [1.29, 1.82) is 0 Å². The van der Waals surface area contributed by atoms with Gasteiger partial charge >= 0.3 is 5.97 Å². The van der Waals surface area contributed by atoms with E-state index in [4.69, 9.17) is 15.9 Å². The van der Waals surface area contributed by atoms with Crippen LogP contribution in [0.1, 0.15) is 28.8 Å². The molecule has 0 aliphatic heterocycles. The Balaban J connectivity index is 2.69. The van der Waals surface area contributed by atoms with Crippen molar-refractivity contribution in [3.05, 3.63) is 35.4 Å². The predicted octanol–water partition coefficient (Wildman–Crippen LogP) is -0.373. The molecule has 0 radical (unpaired) electrons. The molecule has 0 saturated carbocycles. The standard InChI is InChI=1S/C13H16N2O5/c14-11(17)6-5-10(13(19)20)15-12(18)9-3-1-8(7-16)2-4-9/h1-4,10,16H,5-7H2,(H2,14,17)(H,15,18)(H,19,20). The van der Waals surface area contributed by atoms with E-state index in [-0.39, 0.29) is 25.0 Å². The zero-order chi connectivity index (χ0) is 15.1. The first-order valence-electron chi connectivity index (χ1n) is 5.95. The maximum atomic E-state index is 11.9. The van der Waals surface area contributed by atoms with Crippen molar-refractivity contribution in [1.82, 2.24) is 5.32 Å². The molecule has 108 valence electrons. The van der Waals surface area contributed by atoms with Crippen molar-refractivity contribution in [2.75, 3.05) is 0 Å². The summed E-state index contributed by atoms with van der Waals surface area (Å²) in [4.78, 5) is 33.5. The molecule has 2 amide bonds. The van der Waals surface area contributed by atoms with Crippen LogP contribution in [0.2, 0.25) is 0 Å². The van der Waals surface area contributed by atoms with Crippen molar-refractivity contribution >= 4 is 17.8 Å². The number of nitrogens with two attached hydrogens (primary N) is 1. The lowest BCUT2D eigenvalue weighted by Gasteiger charge is -2.13. The van der Waals surface area contributed by atoms with Gasteiger partial charge in [-0.05, 0) is 24.1 Å². The topological polar surface area (TPSA) is 130 Å². The number of rotatable bonds is 7. The van der Waals surface area contributed by atoms with Gasteiger partial charge in [0.15, 0.2) is 0 Å². The molecule has 0 bridgehead atoms. The molecule has 20 heavy (non-hydrogen) atoms. The van der Waals surface area contributed by atoms with E-state index < -0.39 is 23.8 Å². The lowest BCUT2D eigenvalue weighted by Crippen LogP contribution is -2.41. The maximum absolute atomic E-state index is 11.9. The van der Waals surface area contributed by atoms with Crippen LogP contribution in [0.25, 0.3) is 0 Å². The number of amides is 2. The van der Waals surface area contributed by atoms with Crippen LogP contribution < -0.4 is 11.1 Å². The molecule has 7 nitrogen and oxygen atoms in total. The molecule has 1 rings (SSSR count). The van der Waals surface area contributed by atoms with Gasteiger partial charge in [-0.2, -0.15) is 0 Å². The van der Waals surface area contributed by atoms with Crippen LogP contribution in [0.3, 0.4) is 0 Å². The average Bonchev–Trinajstić information content (AvgIpc) is 2.42. The molecule has 7 heteroatoms. The van der Waals surface area contributed by atoms with E-state index >= 15 is 0 Å². The molecular formula is C13H16N2O5. The summed E-state index contributed by atoms with van der Waals surface area (Å²) in [6.07, 6.45) is -0.189. The van der Waals surface area contributed by atoms with Gasteiger partial charge < -0.3 is 21.3 Å². The fraction of sp³-hybridized carbons (Fsp3) is 0.308. The molecular weight excluding hydrogens is 264 g/mol. The van der Waals surface area contributed by atoms with E-state index in [0.29, 0.717) is 5.56 Å². The molecule has 0 heterocycles. The van der Waals surface area contributed by atoms with Gasteiger partial charge in [0.2, 0.25) is 5.91 Å². The third-order valence-corrected chi connectivity index (χ3v) is 2.68. The summed E-state index contributed by atoms with van der Waals surface area (Å²) in [5.74, 6) is -2.42. The highest BCUT2D eigenvalue weighted by Gasteiger charge is 2.21. The van der Waals surface area contributed by atoms with Gasteiger partial charge in [-0.25, -0.2) is 4.79 Å². The first-order valence-corrected chi connectivity index (χ1v) is 5.95. The highest BCUT2D eigenvalue weighted by atomic mass is 16.4. The van der Waals surface area contributed by atoms with Gasteiger partial charge in [-0.15, -0.1) is 0 Å². The summed E-state index contributed by atoms with van der Waals surface area (Å²) in [7, 11) is 0. The Morgan fingerprint density at radius 3 is 2.25 bits per heavy atom. The number of benzene rings is 1. The van der Waals surface area contributed by atoms with Crippen LogP contribution in [-0.4, -0.2) is 34.0 Å². The average molecular weight is 280 g/mol. The summed E-state index contributed by atoms with van der Waals surface area (Å²) in [5, 5.41) is 20.2. The summed E-state index contributed by atoms with van der Waals surface area (Å²) in [6.45, 7) is -0.141. The van der Waals surface area contributed by atoms with Crippen molar-refractivity contribution in [3.8, 4) is 0 Å². The van der Waals surface area contributed by atoms with E-state index in [9.17, 15) is 14.4 Å². The molecule has 0 fully saturated rings. The Kier molecular flexibility index (Phi) is 5.67. The minimum atomic E-state index is -1.23. The van der Waals surface area contributed by atoms with Gasteiger partial charge in [-0.3, -0.25) is 9.59 Å². The van der Waals surface area contributed by atoms with Gasteiger partial charge in [0.25, 0.3) is 5.91 Å². The smallest absolute Gasteiger partial charge is 0.326 e. The number of hydrogen-bond donors (Lipinski definition) is 4. The zero-order valence-electron chi connectivity index (χ0n) is 10.7. The van der Waals surface area contributed by atoms with Crippen LogP contribution in [-0.2, 0) is 16.2 Å². The molecule has 0 aliphatic rings. The maximum Gasteiger partial charge on any atom is 0.326 e. The normalized spacial score (nSPS) is 11.7. The van der Waals surface area contributed by atoms with Crippen LogP contribution in [0.5, 0.6) is 0 Å². The van der Waals surface area contributed by atoms with Gasteiger partial charge in [0.1, 0.15) is 6.04 Å². The number of aliphatic carboxylic acids is 1. The van der Waals surface area contributed by atoms with Gasteiger partial charge in [-0.1, -0.05) is 12.1 Å². The van der Waals surface area contributed by atoms with E-state index in [1.54, 1.807) is 12.1 Å². The molecule has 1 aromatic carbocycles. The number of carbonyl (C=O) groups is 3. The number of carboxylic acids is 1. The van der Waals surface area contributed by atoms with Crippen molar-refractivity contribution < 1.29 is 24.6 Å². The molecule has 0 aliphatic carbocycles. The fourth-order valence-corrected chi connectivity index (χ4v) is 1.55. The Labute approximate surface area is 115 Å². The lowest BCUT2D eigenvalue weighted by atomic mass is 10.1. The molecule has 5 N–H and O–H groups in total. The van der Waals surface area contributed by atoms with Crippen LogP contribution in [0.15, 0.2) is 24.3 Å². The fourth-order valence-electron chi connectivity index (χ4n) is 1.55. The number of aliphatic hydroxyl groups is 1. The van der Waals surface area contributed by atoms with Crippen molar-refractivity contribution in [3.63, 3.8) is 0 Å². The third-order valence-electron chi connectivity index (χ3n) is 2.68. The van der Waals surface area contributed by atoms with Gasteiger partial charge in [0, 0.05) is 12.0 Å². The lowest BCUT2D eigenvalue weighted by molar-refractivity contribution is -0.139. The predicted molar refractivity (Wildman–Crippen MR) is 69.7 cm³/mol. The molecule has 1 aromatic rings. The molecule has 0 saturated heterocycles. The molecule has 1 atom stereocenters. The monoisotopic (exact) mass is 280 g/mol. The van der Waals surface area contributed by atoms with Crippen LogP contribution in [0.4, 0.5) is 0 Å². The first kappa shape index (κ1) is 15.6. The number of carbonyl (C=O) groups excluding carboxylic acids is 2. The number of primary amides is 1.